The van der Waals surface area contributed by atoms with Gasteiger partial charge < -0.3 is 5.32 Å². The van der Waals surface area contributed by atoms with Crippen molar-refractivity contribution in [2.45, 2.75) is 49.7 Å². The molecular formula is C34H26ClF3N6O3. The van der Waals surface area contributed by atoms with Gasteiger partial charge in [-0.15, -0.1) is 0 Å². The second-order valence-electron chi connectivity index (χ2n) is 11.3. The molecule has 2 aliphatic rings. The van der Waals surface area contributed by atoms with Crippen molar-refractivity contribution < 1.29 is 27.6 Å². The van der Waals surface area contributed by atoms with Crippen LogP contribution >= 0.6 is 11.6 Å². The van der Waals surface area contributed by atoms with Gasteiger partial charge >= 0.3 is 0 Å². The Hall–Kier alpha value is -5.28. The second kappa shape index (κ2) is 12.8. The summed E-state index contributed by atoms with van der Waals surface area (Å²) in [7, 11) is 0. The van der Waals surface area contributed by atoms with E-state index in [-0.39, 0.29) is 46.1 Å². The number of aromatic nitrogens is 2. The number of alkyl halides is 2. The van der Waals surface area contributed by atoms with Crippen molar-refractivity contribution in [3.8, 4) is 17.2 Å². The summed E-state index contributed by atoms with van der Waals surface area (Å²) in [6, 6.07) is 14.6. The summed E-state index contributed by atoms with van der Waals surface area (Å²) in [5.74, 6) is -5.62. The fourth-order valence-corrected chi connectivity index (χ4v) is 6.19. The van der Waals surface area contributed by atoms with E-state index in [4.69, 9.17) is 11.6 Å². The maximum absolute atomic E-state index is 15.9. The molecule has 1 aliphatic heterocycles. The number of nitrogens with zero attached hydrogens (tertiary/aromatic N) is 5. The van der Waals surface area contributed by atoms with Crippen LogP contribution in [0.3, 0.4) is 0 Å². The predicted octanol–water partition coefficient (Wildman–Crippen LogP) is 5.99. The number of hydrogen-bond acceptors (Lipinski definition) is 6. The average molecular weight is 659 g/mol. The first-order chi connectivity index (χ1) is 22.6. The number of benzene rings is 2. The Kier molecular flexibility index (Phi) is 8.66. The number of anilines is 2. The summed E-state index contributed by atoms with van der Waals surface area (Å²) in [4.78, 5) is 52.4. The normalized spacial score (nSPS) is 17.8. The van der Waals surface area contributed by atoms with E-state index in [1.54, 1.807) is 24.3 Å². The van der Waals surface area contributed by atoms with Gasteiger partial charge in [0.1, 0.15) is 23.7 Å². The van der Waals surface area contributed by atoms with Crippen LogP contribution in [0.2, 0.25) is 5.02 Å². The highest BCUT2D eigenvalue weighted by Crippen LogP contribution is 2.40. The van der Waals surface area contributed by atoms with E-state index < -0.39 is 60.4 Å². The van der Waals surface area contributed by atoms with Crippen LogP contribution in [-0.4, -0.2) is 45.7 Å². The second-order valence-corrected chi connectivity index (χ2v) is 11.7. The molecule has 1 aliphatic carbocycles. The molecule has 1 saturated carbocycles. The highest BCUT2D eigenvalue weighted by atomic mass is 35.5. The Balaban J connectivity index is 1.48. The lowest BCUT2D eigenvalue weighted by molar-refractivity contribution is -0.133. The third-order valence-corrected chi connectivity index (χ3v) is 8.57. The van der Waals surface area contributed by atoms with Crippen LogP contribution in [0.25, 0.3) is 11.1 Å². The number of pyridine rings is 2. The van der Waals surface area contributed by atoms with Crippen LogP contribution in [0, 0.1) is 17.1 Å². The first kappa shape index (κ1) is 31.7. The zero-order valence-electron chi connectivity index (χ0n) is 24.6. The topological polar surface area (TPSA) is 119 Å². The SMILES string of the molecule is N#Cc1ccnc(N2C(=O)CC[C@H]2C(=O)N(c2ccc(-c3ccncc3)c(F)c2)[C@H](C(=O)NC2CC(F)(F)C2)c2ccccc2Cl)c1. The Labute approximate surface area is 272 Å². The van der Waals surface area contributed by atoms with Crippen molar-refractivity contribution in [1.29, 1.82) is 5.26 Å². The van der Waals surface area contributed by atoms with E-state index in [1.165, 1.54) is 55.0 Å². The van der Waals surface area contributed by atoms with Crippen LogP contribution < -0.4 is 15.1 Å². The summed E-state index contributed by atoms with van der Waals surface area (Å²) in [5.41, 5.74) is 1.04. The van der Waals surface area contributed by atoms with Gasteiger partial charge in [-0.25, -0.2) is 18.2 Å². The monoisotopic (exact) mass is 658 g/mol. The minimum atomic E-state index is -2.94. The number of carbonyl (C=O) groups is 3. The molecule has 13 heteroatoms. The van der Waals surface area contributed by atoms with Gasteiger partial charge in [-0.1, -0.05) is 29.8 Å². The molecule has 0 unspecified atom stereocenters. The third kappa shape index (κ3) is 6.39. The van der Waals surface area contributed by atoms with Gasteiger partial charge in [0.05, 0.1) is 11.6 Å². The van der Waals surface area contributed by atoms with Crippen LogP contribution in [0.5, 0.6) is 0 Å². The molecule has 6 rings (SSSR count). The van der Waals surface area contributed by atoms with E-state index in [1.807, 2.05) is 6.07 Å². The molecule has 238 valence electrons. The highest BCUT2D eigenvalue weighted by Gasteiger charge is 2.48. The van der Waals surface area contributed by atoms with Crippen molar-refractivity contribution >= 4 is 40.8 Å². The lowest BCUT2D eigenvalue weighted by Crippen LogP contribution is -2.56. The van der Waals surface area contributed by atoms with Crippen LogP contribution in [0.15, 0.2) is 85.3 Å². The molecule has 0 spiro atoms. The Morgan fingerprint density at radius 3 is 2.49 bits per heavy atom. The minimum Gasteiger partial charge on any atom is -0.351 e. The largest absolute Gasteiger partial charge is 0.351 e. The van der Waals surface area contributed by atoms with Crippen molar-refractivity contribution in [3.63, 3.8) is 0 Å². The number of amides is 3. The van der Waals surface area contributed by atoms with Gasteiger partial charge in [0, 0.05) is 65.7 Å². The molecule has 2 atom stereocenters. The van der Waals surface area contributed by atoms with E-state index in [9.17, 15) is 28.4 Å². The van der Waals surface area contributed by atoms with Gasteiger partial charge in [-0.2, -0.15) is 5.26 Å². The van der Waals surface area contributed by atoms with E-state index in [0.717, 1.165) is 15.9 Å². The van der Waals surface area contributed by atoms with Crippen LogP contribution in [0.1, 0.15) is 42.9 Å². The van der Waals surface area contributed by atoms with Crippen LogP contribution in [-0.2, 0) is 14.4 Å². The van der Waals surface area contributed by atoms with Gasteiger partial charge in [-0.05, 0) is 60.5 Å². The van der Waals surface area contributed by atoms with Crippen molar-refractivity contribution in [1.82, 2.24) is 15.3 Å². The molecule has 1 saturated heterocycles. The highest BCUT2D eigenvalue weighted by molar-refractivity contribution is 6.31. The number of nitriles is 1. The zero-order chi connectivity index (χ0) is 33.3. The van der Waals surface area contributed by atoms with Gasteiger partial charge in [0.2, 0.25) is 11.8 Å². The Morgan fingerprint density at radius 1 is 1.06 bits per heavy atom. The lowest BCUT2D eigenvalue weighted by Gasteiger charge is -2.39. The summed E-state index contributed by atoms with van der Waals surface area (Å²) in [6.07, 6.45) is 3.16. The predicted molar refractivity (Wildman–Crippen MR) is 167 cm³/mol. The molecule has 0 radical (unpaired) electrons. The first-order valence-electron chi connectivity index (χ1n) is 14.7. The molecule has 2 fully saturated rings. The third-order valence-electron chi connectivity index (χ3n) is 8.22. The molecule has 4 aromatic rings. The average Bonchev–Trinajstić information content (AvgIpc) is 3.44. The standard InChI is InChI=1S/C34H26ClF3N6O3/c35-26-4-2-1-3-25(26)31(32(46)42-22-17-34(37,38)18-22)43(23-5-6-24(27(36)16-23)21-10-12-40-13-11-21)33(47)28-7-8-30(45)44(28)29-15-20(19-39)9-14-41-29/h1-6,9-16,22,28,31H,7-8,17-18H2,(H,42,46)/t28-,31-/m0/s1. The molecule has 9 nitrogen and oxygen atoms in total. The lowest BCUT2D eigenvalue weighted by atomic mass is 9.87. The Morgan fingerprint density at radius 2 is 1.81 bits per heavy atom. The van der Waals surface area contributed by atoms with E-state index >= 15 is 4.39 Å². The number of rotatable bonds is 8. The van der Waals surface area contributed by atoms with Gasteiger partial charge in [-0.3, -0.25) is 29.2 Å². The minimum absolute atomic E-state index is 0.0237. The fourth-order valence-electron chi connectivity index (χ4n) is 5.95. The van der Waals surface area contributed by atoms with Gasteiger partial charge in [0.25, 0.3) is 11.8 Å². The first-order valence-corrected chi connectivity index (χ1v) is 15.1. The molecule has 2 aromatic carbocycles. The number of hydrogen-bond donors (Lipinski definition) is 1. The maximum Gasteiger partial charge on any atom is 0.252 e. The van der Waals surface area contributed by atoms with E-state index in [0.29, 0.717) is 5.56 Å². The van der Waals surface area contributed by atoms with Crippen molar-refractivity contribution in [3.05, 3.63) is 107 Å². The van der Waals surface area contributed by atoms with Crippen molar-refractivity contribution in [2.24, 2.45) is 0 Å². The number of halogens is 4. The summed E-state index contributed by atoms with van der Waals surface area (Å²) >= 11 is 6.58. The summed E-state index contributed by atoms with van der Waals surface area (Å²) in [5, 5.41) is 12.1. The molecule has 0 bridgehead atoms. The van der Waals surface area contributed by atoms with Gasteiger partial charge in [0.15, 0.2) is 0 Å². The molecule has 3 heterocycles. The molecule has 47 heavy (non-hydrogen) atoms. The number of nitrogens with one attached hydrogen (secondary N) is 1. The molecular weight excluding hydrogens is 633 g/mol. The molecule has 3 amide bonds. The summed E-state index contributed by atoms with van der Waals surface area (Å²) < 4.78 is 43.4. The van der Waals surface area contributed by atoms with Crippen molar-refractivity contribution in [2.75, 3.05) is 9.80 Å². The van der Waals surface area contributed by atoms with Crippen LogP contribution in [0.4, 0.5) is 24.7 Å². The quantitative estimate of drug-likeness (QED) is 0.248. The maximum atomic E-state index is 15.9. The Bertz CT molecular complexity index is 1900. The molecule has 2 aromatic heterocycles. The smallest absolute Gasteiger partial charge is 0.252 e. The zero-order valence-corrected chi connectivity index (χ0v) is 25.4. The molecule has 1 N–H and O–H groups in total. The fraction of sp³-hybridized carbons (Fsp3) is 0.235. The number of carbonyl (C=O) groups excluding carboxylic acids is 3. The van der Waals surface area contributed by atoms with E-state index in [2.05, 4.69) is 15.3 Å². The summed E-state index contributed by atoms with van der Waals surface area (Å²) in [6.45, 7) is 0.